The van der Waals surface area contributed by atoms with Crippen LogP contribution in [-0.2, 0) is 9.53 Å². The molecule has 2 aromatic rings. The molecular weight excluding hydrogens is 362 g/mol. The molecule has 144 valence electrons. The smallest absolute Gasteiger partial charge is 0.336 e. The van der Waals surface area contributed by atoms with Gasteiger partial charge in [-0.2, -0.15) is 5.26 Å². The third kappa shape index (κ3) is 3.49. The van der Waals surface area contributed by atoms with Gasteiger partial charge in [-0.3, -0.25) is 5.21 Å². The second-order valence-corrected chi connectivity index (χ2v) is 6.06. The lowest BCUT2D eigenvalue weighted by molar-refractivity contribution is -0.138. The highest BCUT2D eigenvalue weighted by Crippen LogP contribution is 2.41. The standard InChI is InChI=1S/C20H18N3O5/c1-3-27-20(24)17-12(2)22-19(16-8-5-9-28-16)15(11-21)18(17)13-6-4-7-14(10-13)23(25)26/h4-10,18,22,25H,3H2,1-2H3/q-1. The number of anilines is 1. The number of dihydropyridines is 1. The normalized spacial score (nSPS) is 16.5. The van der Waals surface area contributed by atoms with E-state index in [-0.39, 0.29) is 28.7 Å². The fourth-order valence-corrected chi connectivity index (χ4v) is 3.20. The van der Waals surface area contributed by atoms with E-state index >= 15 is 0 Å². The fraction of sp³-hybridized carbons (Fsp3) is 0.200. The van der Waals surface area contributed by atoms with Crippen molar-refractivity contribution in [3.05, 3.63) is 76.0 Å². The zero-order valence-corrected chi connectivity index (χ0v) is 15.3. The predicted octanol–water partition coefficient (Wildman–Crippen LogP) is 3.43. The number of furan rings is 1. The first kappa shape index (κ1) is 19.2. The third-order valence-corrected chi connectivity index (χ3v) is 4.37. The monoisotopic (exact) mass is 380 g/mol. The molecule has 0 saturated carbocycles. The number of carbonyl (C=O) groups excluding carboxylic acids is 1. The van der Waals surface area contributed by atoms with E-state index in [1.165, 1.54) is 18.4 Å². The minimum absolute atomic E-state index is 0.0197. The minimum atomic E-state index is -0.801. The summed E-state index contributed by atoms with van der Waals surface area (Å²) in [5.41, 5.74) is 1.88. The van der Waals surface area contributed by atoms with E-state index in [0.29, 0.717) is 22.7 Å². The van der Waals surface area contributed by atoms with Crippen molar-refractivity contribution in [1.29, 1.82) is 5.26 Å². The molecule has 0 aliphatic carbocycles. The first-order valence-electron chi connectivity index (χ1n) is 8.57. The molecule has 1 aliphatic rings. The highest BCUT2D eigenvalue weighted by Gasteiger charge is 2.36. The molecule has 0 amide bonds. The molecule has 0 radical (unpaired) electrons. The van der Waals surface area contributed by atoms with E-state index in [9.17, 15) is 20.5 Å². The van der Waals surface area contributed by atoms with E-state index < -0.39 is 11.9 Å². The van der Waals surface area contributed by atoms with Crippen LogP contribution in [0.25, 0.3) is 5.70 Å². The lowest BCUT2D eigenvalue weighted by atomic mass is 9.80. The van der Waals surface area contributed by atoms with Gasteiger partial charge in [-0.05, 0) is 43.7 Å². The van der Waals surface area contributed by atoms with Gasteiger partial charge < -0.3 is 24.9 Å². The van der Waals surface area contributed by atoms with Crippen LogP contribution in [0.4, 0.5) is 5.69 Å². The summed E-state index contributed by atoms with van der Waals surface area (Å²) in [6, 6.07) is 11.6. The summed E-state index contributed by atoms with van der Waals surface area (Å²) in [4.78, 5) is 12.7. The molecule has 1 aromatic heterocycles. The van der Waals surface area contributed by atoms with Crippen molar-refractivity contribution in [3.63, 3.8) is 0 Å². The molecule has 8 heteroatoms. The molecule has 1 aliphatic heterocycles. The first-order valence-corrected chi connectivity index (χ1v) is 8.57. The number of esters is 1. The van der Waals surface area contributed by atoms with Crippen LogP contribution in [0.15, 0.2) is 63.9 Å². The summed E-state index contributed by atoms with van der Waals surface area (Å²) >= 11 is 0. The maximum atomic E-state index is 12.7. The van der Waals surface area contributed by atoms with Gasteiger partial charge in [0.05, 0.1) is 47.4 Å². The summed E-state index contributed by atoms with van der Waals surface area (Å²) in [7, 11) is 0. The zero-order valence-electron chi connectivity index (χ0n) is 15.3. The Bertz CT molecular complexity index is 984. The summed E-state index contributed by atoms with van der Waals surface area (Å²) in [5, 5.41) is 33.3. The number of ether oxygens (including phenoxy) is 1. The van der Waals surface area contributed by atoms with Crippen molar-refractivity contribution in [2.24, 2.45) is 0 Å². The van der Waals surface area contributed by atoms with Gasteiger partial charge in [-0.25, -0.2) is 4.79 Å². The Morgan fingerprint density at radius 1 is 1.43 bits per heavy atom. The Morgan fingerprint density at radius 2 is 2.21 bits per heavy atom. The first-order chi connectivity index (χ1) is 13.5. The highest BCUT2D eigenvalue weighted by atomic mass is 16.8. The molecule has 2 heterocycles. The van der Waals surface area contributed by atoms with Crippen molar-refractivity contribution in [3.8, 4) is 6.07 Å². The van der Waals surface area contributed by atoms with Crippen LogP contribution in [0.3, 0.4) is 0 Å². The molecule has 0 saturated heterocycles. The zero-order chi connectivity index (χ0) is 20.3. The second kappa shape index (κ2) is 8.00. The molecule has 2 N–H and O–H groups in total. The molecule has 0 fully saturated rings. The number of hydrogen-bond donors (Lipinski definition) is 2. The summed E-state index contributed by atoms with van der Waals surface area (Å²) in [6.45, 7) is 3.56. The average Bonchev–Trinajstić information content (AvgIpc) is 3.21. The van der Waals surface area contributed by atoms with Gasteiger partial charge in [0, 0.05) is 5.70 Å². The lowest BCUT2D eigenvalue weighted by Crippen LogP contribution is -2.29. The molecular formula is C20H18N3O5-. The van der Waals surface area contributed by atoms with Crippen LogP contribution < -0.4 is 10.5 Å². The highest BCUT2D eigenvalue weighted by molar-refractivity contribution is 5.95. The number of nitrogens with zero attached hydrogens (tertiary/aromatic N) is 2. The van der Waals surface area contributed by atoms with Crippen molar-refractivity contribution in [2.75, 3.05) is 11.8 Å². The van der Waals surface area contributed by atoms with Crippen LogP contribution in [0.5, 0.6) is 0 Å². The van der Waals surface area contributed by atoms with Crippen LogP contribution in [0.2, 0.25) is 0 Å². The maximum Gasteiger partial charge on any atom is 0.336 e. The van der Waals surface area contributed by atoms with Gasteiger partial charge in [0.1, 0.15) is 0 Å². The number of benzene rings is 1. The lowest BCUT2D eigenvalue weighted by Gasteiger charge is -2.30. The van der Waals surface area contributed by atoms with Gasteiger partial charge in [0.15, 0.2) is 5.76 Å². The summed E-state index contributed by atoms with van der Waals surface area (Å²) in [5.74, 6) is -0.935. The Balaban J connectivity index is 2.23. The van der Waals surface area contributed by atoms with E-state index in [0.717, 1.165) is 0 Å². The number of nitrogens with one attached hydrogen (secondary N) is 1. The maximum absolute atomic E-state index is 12.7. The van der Waals surface area contributed by atoms with Crippen LogP contribution in [0.1, 0.15) is 31.1 Å². The molecule has 1 atom stereocenters. The number of rotatable bonds is 5. The number of nitriles is 1. The molecule has 0 bridgehead atoms. The van der Waals surface area contributed by atoms with Crippen molar-refractivity contribution >= 4 is 17.4 Å². The van der Waals surface area contributed by atoms with E-state index in [1.807, 2.05) is 0 Å². The number of carbonyl (C=O) groups is 1. The topological polar surface area (TPSA) is 122 Å². The minimum Gasteiger partial charge on any atom is -0.733 e. The van der Waals surface area contributed by atoms with Gasteiger partial charge in [-0.15, -0.1) is 0 Å². The van der Waals surface area contributed by atoms with E-state index in [4.69, 9.17) is 9.15 Å². The summed E-state index contributed by atoms with van der Waals surface area (Å²) in [6.07, 6.45) is 1.48. The van der Waals surface area contributed by atoms with Gasteiger partial charge in [-0.1, -0.05) is 12.1 Å². The average molecular weight is 380 g/mol. The Hall–Kier alpha value is -3.54. The SMILES string of the molecule is CCOC(=O)C1=C(C)NC(c2ccco2)=C(C#N)C1c1cccc(N([O-])O)c1. The number of allylic oxidation sites excluding steroid dienone is 2. The van der Waals surface area contributed by atoms with Crippen molar-refractivity contribution < 1.29 is 19.2 Å². The quantitative estimate of drug-likeness (QED) is 0.597. The number of hydrogen-bond acceptors (Lipinski definition) is 8. The van der Waals surface area contributed by atoms with Crippen LogP contribution >= 0.6 is 0 Å². The molecule has 8 nitrogen and oxygen atoms in total. The molecule has 1 aromatic carbocycles. The predicted molar refractivity (Wildman–Crippen MR) is 101 cm³/mol. The van der Waals surface area contributed by atoms with Gasteiger partial charge in [0.25, 0.3) is 0 Å². The van der Waals surface area contributed by atoms with Crippen LogP contribution in [0, 0.1) is 16.5 Å². The molecule has 3 rings (SSSR count). The van der Waals surface area contributed by atoms with Gasteiger partial charge >= 0.3 is 5.97 Å². The molecule has 0 spiro atoms. The summed E-state index contributed by atoms with van der Waals surface area (Å²) < 4.78 is 10.6. The Morgan fingerprint density at radius 3 is 2.82 bits per heavy atom. The van der Waals surface area contributed by atoms with Crippen molar-refractivity contribution in [2.45, 2.75) is 19.8 Å². The van der Waals surface area contributed by atoms with Crippen LogP contribution in [-0.4, -0.2) is 17.8 Å². The van der Waals surface area contributed by atoms with E-state index in [2.05, 4.69) is 11.4 Å². The molecule has 1 unspecified atom stereocenters. The molecule has 28 heavy (non-hydrogen) atoms. The second-order valence-electron chi connectivity index (χ2n) is 6.06. The fourth-order valence-electron chi connectivity index (χ4n) is 3.20. The third-order valence-electron chi connectivity index (χ3n) is 4.37. The van der Waals surface area contributed by atoms with E-state index in [1.54, 1.807) is 38.1 Å². The Kier molecular flexibility index (Phi) is 5.49. The van der Waals surface area contributed by atoms with Gasteiger partial charge in [0.2, 0.25) is 0 Å². The Labute approximate surface area is 161 Å². The largest absolute Gasteiger partial charge is 0.733 e. The van der Waals surface area contributed by atoms with Crippen molar-refractivity contribution in [1.82, 2.24) is 5.32 Å².